The number of carbonyl (C=O) groups is 1. The summed E-state index contributed by atoms with van der Waals surface area (Å²) in [6, 6.07) is 0. The Balaban J connectivity index is 0.00000225. The van der Waals surface area contributed by atoms with E-state index in [4.69, 9.17) is 12.6 Å². The number of carbonyl (C=O) groups excluding carboxylic acids is 1. The minimum atomic E-state index is -0.202. The first-order chi connectivity index (χ1) is 6.96. The van der Waals surface area contributed by atoms with Crippen LogP contribution in [0.5, 0.6) is 0 Å². The molecule has 0 bridgehead atoms. The largest absolute Gasteiger partial charge is 1.00 e. The standard InChI is InChI=1S/C12H17NOS.Li/c1-12(2,3)13-8-5-4-6-10(7-9-15)11(13)14;/h5-9,15H,4H2,1-3H3;/q;+1/p-1/b9-7-;. The molecule has 1 rings (SSSR count). The molecular weight excluding hydrogens is 213 g/mol. The maximum atomic E-state index is 12.1. The van der Waals surface area contributed by atoms with Crippen molar-refractivity contribution in [2.75, 3.05) is 0 Å². The average Bonchev–Trinajstić information content (AvgIpc) is 2.29. The van der Waals surface area contributed by atoms with Crippen LogP contribution in [0.3, 0.4) is 0 Å². The normalized spacial score (nSPS) is 17.1. The number of amides is 1. The van der Waals surface area contributed by atoms with E-state index in [0.717, 1.165) is 6.42 Å². The van der Waals surface area contributed by atoms with E-state index >= 15 is 0 Å². The SMILES string of the molecule is CC(C)(C)N1C=CCC=C(/C=C\[S-])C1=O.[Li+]. The van der Waals surface area contributed by atoms with Crippen molar-refractivity contribution in [3.63, 3.8) is 0 Å². The maximum Gasteiger partial charge on any atom is 1.00 e. The molecule has 0 saturated heterocycles. The summed E-state index contributed by atoms with van der Waals surface area (Å²) in [5.41, 5.74) is 0.469. The Morgan fingerprint density at radius 2 is 2.06 bits per heavy atom. The van der Waals surface area contributed by atoms with Gasteiger partial charge in [0.2, 0.25) is 0 Å². The van der Waals surface area contributed by atoms with Crippen LogP contribution >= 0.6 is 0 Å². The van der Waals surface area contributed by atoms with Crippen molar-refractivity contribution in [1.29, 1.82) is 0 Å². The smallest absolute Gasteiger partial charge is 0.787 e. The van der Waals surface area contributed by atoms with Gasteiger partial charge < -0.3 is 17.5 Å². The van der Waals surface area contributed by atoms with Crippen LogP contribution in [0.2, 0.25) is 0 Å². The van der Waals surface area contributed by atoms with Crippen molar-refractivity contribution in [2.24, 2.45) is 0 Å². The predicted octanol–water partition coefficient (Wildman–Crippen LogP) is -0.478. The number of rotatable bonds is 1. The first kappa shape index (κ1) is 15.5. The van der Waals surface area contributed by atoms with E-state index in [2.05, 4.69) is 0 Å². The molecule has 0 radical (unpaired) electrons. The van der Waals surface area contributed by atoms with Gasteiger partial charge in [-0.2, -0.15) is 0 Å². The summed E-state index contributed by atoms with van der Waals surface area (Å²) in [7, 11) is 0. The van der Waals surface area contributed by atoms with Gasteiger partial charge in [-0.25, -0.2) is 5.41 Å². The average molecular weight is 229 g/mol. The Bertz CT molecular complexity index is 339. The number of hydrogen-bond donors (Lipinski definition) is 0. The first-order valence-corrected chi connectivity index (χ1v) is 5.43. The summed E-state index contributed by atoms with van der Waals surface area (Å²) >= 11 is 4.75. The molecule has 0 atom stereocenters. The number of hydrogen-bond acceptors (Lipinski definition) is 2. The molecule has 4 heteroatoms. The van der Waals surface area contributed by atoms with Crippen LogP contribution in [-0.2, 0) is 17.4 Å². The Labute approximate surface area is 115 Å². The van der Waals surface area contributed by atoms with Crippen LogP contribution in [0, 0.1) is 0 Å². The monoisotopic (exact) mass is 229 g/mol. The molecule has 0 fully saturated rings. The van der Waals surface area contributed by atoms with Gasteiger partial charge in [-0.3, -0.25) is 4.79 Å². The third-order valence-corrected chi connectivity index (χ3v) is 2.30. The molecule has 1 aliphatic heterocycles. The van der Waals surface area contributed by atoms with Gasteiger partial charge in [-0.1, -0.05) is 18.2 Å². The Morgan fingerprint density at radius 3 is 2.56 bits per heavy atom. The summed E-state index contributed by atoms with van der Waals surface area (Å²) in [5, 5.41) is 1.48. The van der Waals surface area contributed by atoms with Crippen LogP contribution in [0.4, 0.5) is 0 Å². The van der Waals surface area contributed by atoms with E-state index < -0.39 is 0 Å². The van der Waals surface area contributed by atoms with Crippen LogP contribution in [0.1, 0.15) is 27.2 Å². The zero-order valence-electron chi connectivity index (χ0n) is 10.4. The van der Waals surface area contributed by atoms with E-state index in [1.807, 2.05) is 39.1 Å². The Kier molecular flexibility index (Phi) is 6.10. The minimum Gasteiger partial charge on any atom is -0.787 e. The van der Waals surface area contributed by atoms with E-state index in [9.17, 15) is 4.79 Å². The van der Waals surface area contributed by atoms with Gasteiger partial charge in [0.05, 0.1) is 0 Å². The van der Waals surface area contributed by atoms with Gasteiger partial charge in [0, 0.05) is 17.3 Å². The molecular formula is C12H16LiNOS. The molecule has 0 aromatic rings. The van der Waals surface area contributed by atoms with Gasteiger partial charge in [0.25, 0.3) is 5.91 Å². The fourth-order valence-electron chi connectivity index (χ4n) is 1.40. The van der Waals surface area contributed by atoms with Crippen molar-refractivity contribution in [3.05, 3.63) is 35.4 Å². The quantitative estimate of drug-likeness (QED) is 0.447. The maximum absolute atomic E-state index is 12.1. The van der Waals surface area contributed by atoms with Crippen molar-refractivity contribution >= 4 is 18.5 Å². The topological polar surface area (TPSA) is 20.3 Å². The molecule has 0 unspecified atom stereocenters. The van der Waals surface area contributed by atoms with Crippen molar-refractivity contribution < 1.29 is 23.7 Å². The molecule has 16 heavy (non-hydrogen) atoms. The summed E-state index contributed by atoms with van der Waals surface area (Å²) in [6.45, 7) is 6.03. The van der Waals surface area contributed by atoms with Crippen LogP contribution < -0.4 is 18.9 Å². The van der Waals surface area contributed by atoms with E-state index in [1.54, 1.807) is 11.0 Å². The summed E-state index contributed by atoms with van der Waals surface area (Å²) in [4.78, 5) is 13.8. The second-order valence-corrected chi connectivity index (χ2v) is 4.70. The van der Waals surface area contributed by atoms with Crippen molar-refractivity contribution in [2.45, 2.75) is 32.7 Å². The van der Waals surface area contributed by atoms with Crippen LogP contribution in [0.25, 0.3) is 0 Å². The number of nitrogens with zero attached hydrogens (tertiary/aromatic N) is 1. The third-order valence-electron chi connectivity index (χ3n) is 2.16. The summed E-state index contributed by atoms with van der Waals surface area (Å²) in [6.07, 6.45) is 8.18. The van der Waals surface area contributed by atoms with Gasteiger partial charge >= 0.3 is 18.9 Å². The molecule has 1 heterocycles. The van der Waals surface area contributed by atoms with Crippen LogP contribution in [-0.4, -0.2) is 16.3 Å². The van der Waals surface area contributed by atoms with Crippen LogP contribution in [0.15, 0.2) is 35.4 Å². The van der Waals surface area contributed by atoms with Gasteiger partial charge in [-0.15, -0.1) is 0 Å². The Morgan fingerprint density at radius 1 is 1.44 bits per heavy atom. The second kappa shape index (κ2) is 6.29. The molecule has 1 aliphatic rings. The van der Waals surface area contributed by atoms with E-state index in [-0.39, 0.29) is 30.3 Å². The first-order valence-electron chi connectivity index (χ1n) is 4.96. The van der Waals surface area contributed by atoms with E-state index in [1.165, 1.54) is 5.41 Å². The zero-order chi connectivity index (χ0) is 11.5. The molecule has 2 nitrogen and oxygen atoms in total. The third kappa shape index (κ3) is 3.82. The molecule has 0 aliphatic carbocycles. The fourth-order valence-corrected chi connectivity index (χ4v) is 1.54. The van der Waals surface area contributed by atoms with Crippen molar-refractivity contribution in [1.82, 2.24) is 4.90 Å². The number of allylic oxidation sites excluding steroid dienone is 2. The zero-order valence-corrected chi connectivity index (χ0v) is 11.2. The minimum absolute atomic E-state index is 0. The van der Waals surface area contributed by atoms with Gasteiger partial charge in [0.15, 0.2) is 0 Å². The molecule has 0 aromatic carbocycles. The second-order valence-electron chi connectivity index (χ2n) is 4.43. The van der Waals surface area contributed by atoms with Gasteiger partial charge in [0.1, 0.15) is 0 Å². The fraction of sp³-hybridized carbons (Fsp3) is 0.417. The predicted molar refractivity (Wildman–Crippen MR) is 64.9 cm³/mol. The van der Waals surface area contributed by atoms with Crippen molar-refractivity contribution in [3.8, 4) is 0 Å². The molecule has 1 amide bonds. The Hall–Kier alpha value is -0.493. The molecule has 82 valence electrons. The summed E-state index contributed by atoms with van der Waals surface area (Å²) in [5.74, 6) is 0.0114. The van der Waals surface area contributed by atoms with E-state index in [0.29, 0.717) is 5.57 Å². The van der Waals surface area contributed by atoms with Gasteiger partial charge in [-0.05, 0) is 27.2 Å². The summed E-state index contributed by atoms with van der Waals surface area (Å²) < 4.78 is 0. The molecule has 0 N–H and O–H groups in total. The molecule has 0 saturated carbocycles. The molecule has 0 aromatic heterocycles. The molecule has 0 spiro atoms.